The first-order chi connectivity index (χ1) is 17.5. The number of nitriles is 1. The second-order valence-electron chi connectivity index (χ2n) is 7.58. The Labute approximate surface area is 206 Å². The van der Waals surface area contributed by atoms with Crippen molar-refractivity contribution in [2.45, 2.75) is 0 Å². The number of hydrogen-bond donors (Lipinski definition) is 1. The molecule has 3 aromatic carbocycles. The molecule has 0 aliphatic carbocycles. The van der Waals surface area contributed by atoms with Gasteiger partial charge in [-0.1, -0.05) is 24.3 Å². The summed E-state index contributed by atoms with van der Waals surface area (Å²) in [6.07, 6.45) is 1.42. The first-order valence-electron chi connectivity index (χ1n) is 10.8. The first kappa shape index (κ1) is 24.0. The van der Waals surface area contributed by atoms with Crippen molar-refractivity contribution < 1.29 is 19.0 Å². The van der Waals surface area contributed by atoms with Gasteiger partial charge in [-0.05, 0) is 48.0 Å². The van der Waals surface area contributed by atoms with Gasteiger partial charge in [0, 0.05) is 11.6 Å². The van der Waals surface area contributed by atoms with Crippen LogP contribution in [0.4, 0.5) is 0 Å². The number of rotatable bonds is 7. The minimum Gasteiger partial charge on any atom is -0.497 e. The molecule has 4 rings (SSSR count). The highest BCUT2D eigenvalue weighted by atomic mass is 16.5. The fraction of sp³-hybridized carbons (Fsp3) is 0.111. The molecule has 1 amide bonds. The van der Waals surface area contributed by atoms with E-state index in [9.17, 15) is 14.9 Å². The van der Waals surface area contributed by atoms with Gasteiger partial charge in [0.1, 0.15) is 28.9 Å². The highest BCUT2D eigenvalue weighted by molar-refractivity contribution is 6.06. The zero-order chi connectivity index (χ0) is 25.7. The van der Waals surface area contributed by atoms with Crippen molar-refractivity contribution in [3.05, 3.63) is 88.2 Å². The van der Waals surface area contributed by atoms with Gasteiger partial charge < -0.3 is 14.2 Å². The number of aromatic nitrogens is 2. The lowest BCUT2D eigenvalue weighted by atomic mass is 10.1. The average Bonchev–Trinajstić information content (AvgIpc) is 2.92. The van der Waals surface area contributed by atoms with Gasteiger partial charge in [-0.3, -0.25) is 15.0 Å². The molecule has 180 valence electrons. The minimum absolute atomic E-state index is 0.144. The molecule has 0 fully saturated rings. The van der Waals surface area contributed by atoms with Crippen molar-refractivity contribution >= 4 is 22.9 Å². The Kier molecular flexibility index (Phi) is 6.97. The summed E-state index contributed by atoms with van der Waals surface area (Å²) in [5.74, 6) is 0.959. The Morgan fingerprint density at radius 2 is 1.58 bits per heavy atom. The number of carbonyl (C=O) groups excluding carboxylic acids is 1. The Morgan fingerprint density at radius 1 is 0.944 bits per heavy atom. The van der Waals surface area contributed by atoms with Gasteiger partial charge in [0.05, 0.1) is 32.2 Å². The van der Waals surface area contributed by atoms with E-state index in [1.54, 1.807) is 73.8 Å². The monoisotopic (exact) mass is 482 g/mol. The summed E-state index contributed by atoms with van der Waals surface area (Å²) < 4.78 is 16.9. The maximum Gasteiger partial charge on any atom is 0.280 e. The lowest BCUT2D eigenvalue weighted by molar-refractivity contribution is -0.113. The van der Waals surface area contributed by atoms with E-state index in [2.05, 4.69) is 10.4 Å². The Bertz CT molecular complexity index is 1540. The molecule has 0 unspecified atom stereocenters. The van der Waals surface area contributed by atoms with Gasteiger partial charge in [0.2, 0.25) is 0 Å². The van der Waals surface area contributed by atoms with Crippen LogP contribution in [-0.4, -0.2) is 36.9 Å². The highest BCUT2D eigenvalue weighted by Crippen LogP contribution is 2.29. The van der Waals surface area contributed by atoms with Gasteiger partial charge in [-0.2, -0.15) is 9.94 Å². The highest BCUT2D eigenvalue weighted by Gasteiger charge is 2.18. The third kappa shape index (κ3) is 4.88. The number of ether oxygens (including phenoxy) is 3. The van der Waals surface area contributed by atoms with E-state index in [-0.39, 0.29) is 11.4 Å². The molecule has 1 heterocycles. The molecule has 9 heteroatoms. The second kappa shape index (κ2) is 10.4. The zero-order valence-corrected chi connectivity index (χ0v) is 19.8. The third-order valence-electron chi connectivity index (χ3n) is 5.39. The van der Waals surface area contributed by atoms with E-state index in [1.165, 1.54) is 20.3 Å². The van der Waals surface area contributed by atoms with Crippen LogP contribution < -0.4 is 25.2 Å². The minimum atomic E-state index is -0.774. The topological polar surface area (TPSA) is 115 Å². The molecular formula is C27H22N4O5. The van der Waals surface area contributed by atoms with Crippen LogP contribution in [0, 0.1) is 11.3 Å². The van der Waals surface area contributed by atoms with E-state index in [4.69, 9.17) is 14.2 Å². The van der Waals surface area contributed by atoms with Crippen molar-refractivity contribution in [1.29, 1.82) is 5.26 Å². The molecule has 36 heavy (non-hydrogen) atoms. The molecule has 0 radical (unpaired) electrons. The largest absolute Gasteiger partial charge is 0.497 e. The fourth-order valence-corrected chi connectivity index (χ4v) is 3.54. The van der Waals surface area contributed by atoms with E-state index >= 15 is 0 Å². The van der Waals surface area contributed by atoms with Crippen LogP contribution >= 0.6 is 0 Å². The number of carbonyl (C=O) groups is 1. The first-order valence-corrected chi connectivity index (χ1v) is 10.8. The second-order valence-corrected chi connectivity index (χ2v) is 7.58. The summed E-state index contributed by atoms with van der Waals surface area (Å²) in [7, 11) is 4.55. The quantitative estimate of drug-likeness (QED) is 0.315. The van der Waals surface area contributed by atoms with E-state index in [1.807, 2.05) is 6.07 Å². The molecule has 0 saturated carbocycles. The zero-order valence-electron chi connectivity index (χ0n) is 19.8. The predicted molar refractivity (Wildman–Crippen MR) is 135 cm³/mol. The van der Waals surface area contributed by atoms with Crippen LogP contribution in [0.25, 0.3) is 28.4 Å². The van der Waals surface area contributed by atoms with Gasteiger partial charge in [0.25, 0.3) is 11.5 Å². The van der Waals surface area contributed by atoms with Crippen LogP contribution in [0.3, 0.4) is 0 Å². The van der Waals surface area contributed by atoms with Gasteiger partial charge >= 0.3 is 0 Å². The molecule has 1 N–H and O–H groups in total. The number of nitrogens with one attached hydrogen (secondary N) is 1. The van der Waals surface area contributed by atoms with E-state index in [0.717, 1.165) is 4.68 Å². The molecule has 0 aliphatic heterocycles. The standard InChI is InChI=1S/C27H22N4O5/c1-34-20-10-8-17(9-11-20)12-19(16-28)26(32)30-31-25(18-13-21(35-2)15-22(14-18)36-3)29-24-7-5-4-6-23(24)27(31)33/h4-15H,1-3H3,(H,30,32). The summed E-state index contributed by atoms with van der Waals surface area (Å²) in [4.78, 5) is 31.2. The third-order valence-corrected chi connectivity index (χ3v) is 5.39. The average molecular weight is 482 g/mol. The summed E-state index contributed by atoms with van der Waals surface area (Å²) in [5, 5.41) is 9.96. The van der Waals surface area contributed by atoms with Crippen LogP contribution in [-0.2, 0) is 4.79 Å². The number of hydrogen-bond acceptors (Lipinski definition) is 7. The fourth-order valence-electron chi connectivity index (χ4n) is 3.54. The number of nitrogens with zero attached hydrogens (tertiary/aromatic N) is 3. The van der Waals surface area contributed by atoms with Crippen LogP contribution in [0.15, 0.2) is 77.1 Å². The summed E-state index contributed by atoms with van der Waals surface area (Å²) >= 11 is 0. The maximum absolute atomic E-state index is 13.4. The molecule has 0 saturated heterocycles. The smallest absolute Gasteiger partial charge is 0.280 e. The summed E-state index contributed by atoms with van der Waals surface area (Å²) in [6.45, 7) is 0. The summed E-state index contributed by atoms with van der Waals surface area (Å²) in [6, 6.07) is 20.5. The normalized spacial score (nSPS) is 11.0. The Balaban J connectivity index is 1.83. The molecule has 0 aliphatic rings. The molecule has 0 atom stereocenters. The van der Waals surface area contributed by atoms with E-state index in [0.29, 0.717) is 39.3 Å². The number of amides is 1. The maximum atomic E-state index is 13.4. The number of methoxy groups -OCH3 is 3. The van der Waals surface area contributed by atoms with Gasteiger partial charge in [-0.25, -0.2) is 4.98 Å². The van der Waals surface area contributed by atoms with Gasteiger partial charge in [-0.15, -0.1) is 0 Å². The van der Waals surface area contributed by atoms with Crippen molar-refractivity contribution in [3.63, 3.8) is 0 Å². The van der Waals surface area contributed by atoms with Gasteiger partial charge in [0.15, 0.2) is 5.82 Å². The molecule has 0 spiro atoms. The SMILES string of the molecule is COc1ccc(C=C(C#N)C(=O)Nn2c(-c3cc(OC)cc(OC)c3)nc3ccccc3c2=O)cc1. The number of benzene rings is 3. The summed E-state index contributed by atoms with van der Waals surface area (Å²) in [5.41, 5.74) is 3.36. The van der Waals surface area contributed by atoms with Crippen LogP contribution in [0.1, 0.15) is 5.56 Å². The molecule has 4 aromatic rings. The van der Waals surface area contributed by atoms with Crippen molar-refractivity contribution in [2.24, 2.45) is 0 Å². The van der Waals surface area contributed by atoms with Crippen LogP contribution in [0.2, 0.25) is 0 Å². The van der Waals surface area contributed by atoms with Crippen molar-refractivity contribution in [2.75, 3.05) is 26.8 Å². The predicted octanol–water partition coefficient (Wildman–Crippen LogP) is 3.77. The van der Waals surface area contributed by atoms with Crippen molar-refractivity contribution in [1.82, 2.24) is 9.66 Å². The molecule has 0 bridgehead atoms. The number of fused-ring (bicyclic) bond motifs is 1. The van der Waals surface area contributed by atoms with Crippen molar-refractivity contribution in [3.8, 4) is 34.7 Å². The molecule has 1 aromatic heterocycles. The lowest BCUT2D eigenvalue weighted by Gasteiger charge is -2.15. The Morgan fingerprint density at radius 3 is 2.19 bits per heavy atom. The van der Waals surface area contributed by atoms with E-state index < -0.39 is 11.5 Å². The molecule has 9 nitrogen and oxygen atoms in total. The number of para-hydroxylation sites is 1. The Hall–Kier alpha value is -5.10. The molecular weight excluding hydrogens is 460 g/mol. The lowest BCUT2D eigenvalue weighted by Crippen LogP contribution is -2.35. The van der Waals surface area contributed by atoms with Crippen LogP contribution in [0.5, 0.6) is 17.2 Å².